The van der Waals surface area contributed by atoms with E-state index in [2.05, 4.69) is 29.6 Å². The maximum absolute atomic E-state index is 10.2. The molecule has 5 heteroatoms. The maximum atomic E-state index is 10.2. The molecule has 158 valence electrons. The van der Waals surface area contributed by atoms with Crippen LogP contribution in [0, 0.1) is 0 Å². The van der Waals surface area contributed by atoms with Crippen molar-refractivity contribution in [2.75, 3.05) is 26.9 Å². The molecule has 3 rings (SSSR count). The van der Waals surface area contributed by atoms with E-state index >= 15 is 0 Å². The summed E-state index contributed by atoms with van der Waals surface area (Å²) in [5, 5.41) is 23.1. The van der Waals surface area contributed by atoms with Gasteiger partial charge in [0.05, 0.1) is 13.7 Å². The fraction of sp³-hybridized carbons (Fsp3) is 0.280. The second-order valence-electron chi connectivity index (χ2n) is 7.17. The van der Waals surface area contributed by atoms with Crippen molar-refractivity contribution in [1.29, 1.82) is 0 Å². The van der Waals surface area contributed by atoms with Crippen LogP contribution >= 0.6 is 0 Å². The number of para-hydroxylation sites is 2. The predicted octanol–water partition coefficient (Wildman–Crippen LogP) is 3.30. The van der Waals surface area contributed by atoms with Gasteiger partial charge in [-0.25, -0.2) is 0 Å². The van der Waals surface area contributed by atoms with Gasteiger partial charge in [0.15, 0.2) is 0 Å². The summed E-state index contributed by atoms with van der Waals surface area (Å²) in [5.41, 5.74) is 3.23. The van der Waals surface area contributed by atoms with Crippen LogP contribution in [0.15, 0.2) is 78.9 Å². The van der Waals surface area contributed by atoms with E-state index in [-0.39, 0.29) is 19.3 Å². The molecule has 3 aromatic rings. The third-order valence-corrected chi connectivity index (χ3v) is 4.90. The molecule has 2 atom stereocenters. The van der Waals surface area contributed by atoms with E-state index < -0.39 is 6.10 Å². The molecule has 0 aliphatic heterocycles. The first kappa shape index (κ1) is 21.8. The molecule has 0 amide bonds. The lowest BCUT2D eigenvalue weighted by Gasteiger charge is -2.19. The van der Waals surface area contributed by atoms with E-state index in [0.29, 0.717) is 13.0 Å². The molecule has 0 aliphatic carbocycles. The fourth-order valence-electron chi connectivity index (χ4n) is 3.26. The van der Waals surface area contributed by atoms with Gasteiger partial charge in [-0.15, -0.1) is 0 Å². The summed E-state index contributed by atoms with van der Waals surface area (Å²) >= 11 is 0. The Morgan fingerprint density at radius 3 is 2.30 bits per heavy atom. The number of aliphatic hydroxyl groups is 2. The molecule has 0 saturated carbocycles. The molecule has 0 spiro atoms. The van der Waals surface area contributed by atoms with Gasteiger partial charge < -0.3 is 25.0 Å². The van der Waals surface area contributed by atoms with Gasteiger partial charge in [-0.1, -0.05) is 60.7 Å². The molecule has 3 N–H and O–H groups in total. The highest BCUT2D eigenvalue weighted by molar-refractivity contribution is 5.70. The van der Waals surface area contributed by atoms with Crippen molar-refractivity contribution in [3.63, 3.8) is 0 Å². The van der Waals surface area contributed by atoms with Gasteiger partial charge in [-0.3, -0.25) is 0 Å². The van der Waals surface area contributed by atoms with Crippen LogP contribution in [0.25, 0.3) is 11.1 Å². The van der Waals surface area contributed by atoms with E-state index in [9.17, 15) is 10.2 Å². The molecule has 0 bridgehead atoms. The lowest BCUT2D eigenvalue weighted by Crippen LogP contribution is -2.41. The standard InChI is InChI=1S/C25H29NO4/c1-29-25-10-6-5-9-24(25)20-13-11-19(12-14-20)15-21(17-27)26-16-22(28)18-30-23-7-3-2-4-8-23/h2-14,21-22,26-28H,15-18H2,1H3/t21-,22-/m0/s1. The molecule has 0 aliphatic rings. The highest BCUT2D eigenvalue weighted by Gasteiger charge is 2.12. The SMILES string of the molecule is COc1ccccc1-c1ccc(C[C@@H](CO)NC[C@H](O)COc2ccccc2)cc1. The van der Waals surface area contributed by atoms with Crippen molar-refractivity contribution in [2.45, 2.75) is 18.6 Å². The van der Waals surface area contributed by atoms with Gasteiger partial charge in [0.25, 0.3) is 0 Å². The van der Waals surface area contributed by atoms with E-state index in [0.717, 1.165) is 28.2 Å². The molecule has 0 saturated heterocycles. The van der Waals surface area contributed by atoms with Crippen LogP contribution in [0.4, 0.5) is 0 Å². The largest absolute Gasteiger partial charge is 0.496 e. The van der Waals surface area contributed by atoms with E-state index in [1.54, 1.807) is 7.11 Å². The molecular formula is C25H29NO4. The number of hydrogen-bond acceptors (Lipinski definition) is 5. The number of methoxy groups -OCH3 is 1. The lowest BCUT2D eigenvalue weighted by atomic mass is 10.00. The first-order valence-electron chi connectivity index (χ1n) is 10.1. The molecule has 3 aromatic carbocycles. The fourth-order valence-corrected chi connectivity index (χ4v) is 3.26. The normalized spacial score (nSPS) is 12.9. The quantitative estimate of drug-likeness (QED) is 0.455. The zero-order chi connectivity index (χ0) is 21.2. The molecule has 0 unspecified atom stereocenters. The lowest BCUT2D eigenvalue weighted by molar-refractivity contribution is 0.0997. The van der Waals surface area contributed by atoms with Crippen molar-refractivity contribution >= 4 is 0 Å². The van der Waals surface area contributed by atoms with E-state index in [1.807, 2.05) is 54.6 Å². The molecule has 0 radical (unpaired) electrons. The Bertz CT molecular complexity index is 883. The summed E-state index contributed by atoms with van der Waals surface area (Å²) in [5.74, 6) is 1.57. The van der Waals surface area contributed by atoms with E-state index in [1.165, 1.54) is 0 Å². The van der Waals surface area contributed by atoms with Crippen LogP contribution in [0.3, 0.4) is 0 Å². The Hall–Kier alpha value is -2.86. The zero-order valence-corrected chi connectivity index (χ0v) is 17.2. The second kappa shape index (κ2) is 11.4. The van der Waals surface area contributed by atoms with Crippen molar-refractivity contribution in [3.05, 3.63) is 84.4 Å². The average molecular weight is 408 g/mol. The van der Waals surface area contributed by atoms with Gasteiger partial charge in [0.1, 0.15) is 24.2 Å². The van der Waals surface area contributed by atoms with Gasteiger partial charge >= 0.3 is 0 Å². The first-order chi connectivity index (χ1) is 14.7. The minimum Gasteiger partial charge on any atom is -0.496 e. The molecule has 0 aromatic heterocycles. The molecule has 30 heavy (non-hydrogen) atoms. The summed E-state index contributed by atoms with van der Waals surface area (Å²) in [6.07, 6.45) is 0.00165. The summed E-state index contributed by atoms with van der Waals surface area (Å²) in [6, 6.07) is 25.4. The Balaban J connectivity index is 1.50. The number of rotatable bonds is 11. The van der Waals surface area contributed by atoms with Crippen molar-refractivity contribution in [1.82, 2.24) is 5.32 Å². The van der Waals surface area contributed by atoms with Crippen molar-refractivity contribution < 1.29 is 19.7 Å². The zero-order valence-electron chi connectivity index (χ0n) is 17.2. The molecule has 0 fully saturated rings. The molecule has 0 heterocycles. The van der Waals surface area contributed by atoms with Crippen LogP contribution in [-0.4, -0.2) is 49.2 Å². The van der Waals surface area contributed by atoms with Crippen LogP contribution in [0.1, 0.15) is 5.56 Å². The van der Waals surface area contributed by atoms with Crippen LogP contribution < -0.4 is 14.8 Å². The number of aliphatic hydroxyl groups excluding tert-OH is 2. The smallest absolute Gasteiger partial charge is 0.126 e. The number of nitrogens with one attached hydrogen (secondary N) is 1. The Morgan fingerprint density at radius 2 is 1.60 bits per heavy atom. The third-order valence-electron chi connectivity index (χ3n) is 4.90. The predicted molar refractivity (Wildman–Crippen MR) is 119 cm³/mol. The van der Waals surface area contributed by atoms with Gasteiger partial charge in [0.2, 0.25) is 0 Å². The van der Waals surface area contributed by atoms with Gasteiger partial charge in [0, 0.05) is 18.2 Å². The molecule has 5 nitrogen and oxygen atoms in total. The van der Waals surface area contributed by atoms with Crippen molar-refractivity contribution in [2.24, 2.45) is 0 Å². The van der Waals surface area contributed by atoms with Crippen LogP contribution in [0.2, 0.25) is 0 Å². The van der Waals surface area contributed by atoms with E-state index in [4.69, 9.17) is 9.47 Å². The highest BCUT2D eigenvalue weighted by atomic mass is 16.5. The monoisotopic (exact) mass is 407 g/mol. The summed E-state index contributed by atoms with van der Waals surface area (Å²) in [4.78, 5) is 0. The summed E-state index contributed by atoms with van der Waals surface area (Å²) < 4.78 is 11.0. The first-order valence-corrected chi connectivity index (χ1v) is 10.1. The topological polar surface area (TPSA) is 71.0 Å². The Kier molecular flexibility index (Phi) is 8.27. The van der Waals surface area contributed by atoms with Gasteiger partial charge in [-0.2, -0.15) is 0 Å². The van der Waals surface area contributed by atoms with Crippen LogP contribution in [-0.2, 0) is 6.42 Å². The minimum absolute atomic E-state index is 0.0134. The summed E-state index contributed by atoms with van der Waals surface area (Å²) in [7, 11) is 1.67. The number of benzene rings is 3. The number of hydrogen-bond donors (Lipinski definition) is 3. The third kappa shape index (κ3) is 6.32. The molecular weight excluding hydrogens is 378 g/mol. The Morgan fingerprint density at radius 1 is 0.900 bits per heavy atom. The average Bonchev–Trinajstić information content (AvgIpc) is 2.81. The Labute approximate surface area is 177 Å². The summed E-state index contributed by atoms with van der Waals surface area (Å²) in [6.45, 7) is 0.528. The maximum Gasteiger partial charge on any atom is 0.126 e. The van der Waals surface area contributed by atoms with Crippen LogP contribution in [0.5, 0.6) is 11.5 Å². The second-order valence-corrected chi connectivity index (χ2v) is 7.17. The van der Waals surface area contributed by atoms with Gasteiger partial charge in [-0.05, 0) is 35.7 Å². The highest BCUT2D eigenvalue weighted by Crippen LogP contribution is 2.29. The number of ether oxygens (including phenoxy) is 2. The minimum atomic E-state index is -0.660. The van der Waals surface area contributed by atoms with Crippen molar-refractivity contribution in [3.8, 4) is 22.6 Å².